The van der Waals surface area contributed by atoms with Crippen LogP contribution in [0.5, 0.6) is 0 Å². The van der Waals surface area contributed by atoms with Gasteiger partial charge >= 0.3 is 0 Å². The van der Waals surface area contributed by atoms with E-state index in [2.05, 4.69) is 31.9 Å². The lowest BCUT2D eigenvalue weighted by atomic mass is 10.2. The van der Waals surface area contributed by atoms with Crippen LogP contribution < -0.4 is 4.90 Å². The van der Waals surface area contributed by atoms with Crippen LogP contribution in [0, 0.1) is 10.1 Å². The van der Waals surface area contributed by atoms with Crippen molar-refractivity contribution in [1.82, 2.24) is 0 Å². The van der Waals surface area contributed by atoms with E-state index in [-0.39, 0.29) is 30.3 Å². The van der Waals surface area contributed by atoms with Gasteiger partial charge in [0.25, 0.3) is 5.69 Å². The molecule has 1 heterocycles. The van der Waals surface area contributed by atoms with Gasteiger partial charge < -0.3 is 4.90 Å². The molecular formula is C10H6Br2N2O4. The van der Waals surface area contributed by atoms with Crippen molar-refractivity contribution in [2.45, 2.75) is 6.42 Å². The van der Waals surface area contributed by atoms with Crippen molar-refractivity contribution in [3.8, 4) is 0 Å². The molecule has 0 aliphatic carbocycles. The third-order valence-corrected chi connectivity index (χ3v) is 3.68. The standard InChI is InChI=1S/C10H6Br2N2O4/c11-7-1-5(14(17)18)2-8(12)10(7)13-4-6(15)3-9(13)16/h1-2H,3-4H2. The molecule has 1 fully saturated rings. The molecule has 0 unspecified atom stereocenters. The second kappa shape index (κ2) is 4.77. The van der Waals surface area contributed by atoms with Crippen LogP contribution in [-0.2, 0) is 9.59 Å². The highest BCUT2D eigenvalue weighted by Crippen LogP contribution is 2.39. The largest absolute Gasteiger partial charge is 0.302 e. The third kappa shape index (κ3) is 2.30. The summed E-state index contributed by atoms with van der Waals surface area (Å²) in [6.07, 6.45) is -0.129. The number of carbonyl (C=O) groups excluding carboxylic acids is 2. The molecule has 6 nitrogen and oxygen atoms in total. The van der Waals surface area contributed by atoms with Crippen molar-refractivity contribution in [3.63, 3.8) is 0 Å². The van der Waals surface area contributed by atoms with Crippen molar-refractivity contribution < 1.29 is 14.5 Å². The second-order valence-electron chi connectivity index (χ2n) is 3.71. The Hall–Kier alpha value is -1.28. The maximum atomic E-state index is 11.6. The van der Waals surface area contributed by atoms with Crippen LogP contribution in [0.2, 0.25) is 0 Å². The Morgan fingerprint density at radius 3 is 2.17 bits per heavy atom. The number of nitrogens with zero attached hydrogens (tertiary/aromatic N) is 2. The Kier molecular flexibility index (Phi) is 3.49. The zero-order valence-corrected chi connectivity index (χ0v) is 12.0. The third-order valence-electron chi connectivity index (χ3n) is 2.47. The molecule has 0 N–H and O–H groups in total. The number of Topliss-reactive ketones (excluding diaryl/α,β-unsaturated/α-hetero) is 1. The first kappa shape index (κ1) is 13.2. The van der Waals surface area contributed by atoms with Gasteiger partial charge in [0.15, 0.2) is 5.78 Å². The van der Waals surface area contributed by atoms with E-state index >= 15 is 0 Å². The normalized spacial score (nSPS) is 15.3. The monoisotopic (exact) mass is 376 g/mol. The molecule has 18 heavy (non-hydrogen) atoms. The number of hydrogen-bond donors (Lipinski definition) is 0. The van der Waals surface area contributed by atoms with Gasteiger partial charge in [0.1, 0.15) is 0 Å². The lowest BCUT2D eigenvalue weighted by molar-refractivity contribution is -0.385. The molecule has 2 rings (SSSR count). The Morgan fingerprint density at radius 2 is 1.78 bits per heavy atom. The maximum Gasteiger partial charge on any atom is 0.271 e. The van der Waals surface area contributed by atoms with E-state index in [1.165, 1.54) is 17.0 Å². The van der Waals surface area contributed by atoms with Crippen LogP contribution in [-0.4, -0.2) is 23.2 Å². The first-order chi connectivity index (χ1) is 8.40. The fourth-order valence-electron chi connectivity index (χ4n) is 1.70. The summed E-state index contributed by atoms with van der Waals surface area (Å²) in [4.78, 5) is 34.3. The van der Waals surface area contributed by atoms with Gasteiger partial charge in [-0.05, 0) is 31.9 Å². The van der Waals surface area contributed by atoms with Crippen LogP contribution in [0.15, 0.2) is 21.1 Å². The number of nitro groups is 1. The second-order valence-corrected chi connectivity index (χ2v) is 5.42. The zero-order chi connectivity index (χ0) is 13.4. The predicted octanol–water partition coefficient (Wildman–Crippen LogP) is 2.43. The average Bonchev–Trinajstić information content (AvgIpc) is 2.56. The molecule has 1 amide bonds. The van der Waals surface area contributed by atoms with Crippen molar-refractivity contribution in [3.05, 3.63) is 31.2 Å². The Balaban J connectivity index is 2.49. The molecule has 1 aromatic carbocycles. The Morgan fingerprint density at radius 1 is 1.22 bits per heavy atom. The fourth-order valence-corrected chi connectivity index (χ4v) is 3.29. The van der Waals surface area contributed by atoms with Crippen LogP contribution in [0.3, 0.4) is 0 Å². The minimum absolute atomic E-state index is 0.00611. The molecule has 0 saturated carbocycles. The molecule has 1 aliphatic rings. The zero-order valence-electron chi connectivity index (χ0n) is 8.85. The Labute approximate surface area is 118 Å². The summed E-state index contributed by atoms with van der Waals surface area (Å²) in [5, 5.41) is 10.7. The summed E-state index contributed by atoms with van der Waals surface area (Å²) in [6.45, 7) is -0.00611. The number of rotatable bonds is 2. The summed E-state index contributed by atoms with van der Waals surface area (Å²) in [5.41, 5.74) is 0.340. The van der Waals surface area contributed by atoms with E-state index in [1.807, 2.05) is 0 Å². The molecular weight excluding hydrogens is 372 g/mol. The van der Waals surface area contributed by atoms with E-state index < -0.39 is 4.92 Å². The highest BCUT2D eigenvalue weighted by Gasteiger charge is 2.32. The highest BCUT2D eigenvalue weighted by molar-refractivity contribution is 9.11. The molecule has 0 aromatic heterocycles. The SMILES string of the molecule is O=C1CC(=O)N(c2c(Br)cc([N+](=O)[O-])cc2Br)C1. The number of anilines is 1. The number of amides is 1. The first-order valence-corrected chi connectivity index (χ1v) is 6.44. The van der Waals surface area contributed by atoms with Crippen LogP contribution in [0.1, 0.15) is 6.42 Å². The topological polar surface area (TPSA) is 80.5 Å². The number of non-ortho nitro benzene ring substituents is 1. The smallest absolute Gasteiger partial charge is 0.271 e. The number of carbonyl (C=O) groups is 2. The summed E-state index contributed by atoms with van der Waals surface area (Å²) < 4.78 is 0.790. The lowest BCUT2D eigenvalue weighted by Crippen LogP contribution is -2.25. The van der Waals surface area contributed by atoms with E-state index in [1.54, 1.807) is 0 Å². The molecule has 1 saturated heterocycles. The van der Waals surface area contributed by atoms with Gasteiger partial charge in [0, 0.05) is 21.1 Å². The van der Waals surface area contributed by atoms with Crippen molar-refractivity contribution in [2.75, 3.05) is 11.4 Å². The fraction of sp³-hybridized carbons (Fsp3) is 0.200. The van der Waals surface area contributed by atoms with Crippen molar-refractivity contribution in [2.24, 2.45) is 0 Å². The number of hydrogen-bond acceptors (Lipinski definition) is 4. The summed E-state index contributed by atoms with van der Waals surface area (Å²) >= 11 is 6.37. The van der Waals surface area contributed by atoms with Gasteiger partial charge in [-0.3, -0.25) is 19.7 Å². The molecule has 94 valence electrons. The highest BCUT2D eigenvalue weighted by atomic mass is 79.9. The first-order valence-electron chi connectivity index (χ1n) is 4.85. The molecule has 0 spiro atoms. The van der Waals surface area contributed by atoms with Gasteiger partial charge in [0.05, 0.1) is 23.6 Å². The quantitative estimate of drug-likeness (QED) is 0.450. The van der Waals surface area contributed by atoms with Crippen molar-refractivity contribution >= 4 is 54.9 Å². The van der Waals surface area contributed by atoms with Gasteiger partial charge in [-0.25, -0.2) is 0 Å². The number of benzene rings is 1. The molecule has 1 aliphatic heterocycles. The minimum Gasteiger partial charge on any atom is -0.302 e. The number of halogens is 2. The van der Waals surface area contributed by atoms with E-state index in [0.717, 1.165) is 0 Å². The number of ketones is 1. The molecule has 0 bridgehead atoms. The van der Waals surface area contributed by atoms with Crippen molar-refractivity contribution in [1.29, 1.82) is 0 Å². The van der Waals surface area contributed by atoms with Crippen LogP contribution >= 0.6 is 31.9 Å². The predicted molar refractivity (Wildman–Crippen MR) is 70.5 cm³/mol. The molecule has 1 aromatic rings. The minimum atomic E-state index is -0.531. The van der Waals surface area contributed by atoms with E-state index in [9.17, 15) is 19.7 Å². The summed E-state index contributed by atoms with van der Waals surface area (Å²) in [7, 11) is 0. The summed E-state index contributed by atoms with van der Waals surface area (Å²) in [6, 6.07) is 2.60. The number of nitro benzene ring substituents is 1. The van der Waals surface area contributed by atoms with Gasteiger partial charge in [-0.15, -0.1) is 0 Å². The Bertz CT molecular complexity index is 550. The molecule has 8 heteroatoms. The van der Waals surface area contributed by atoms with Gasteiger partial charge in [0.2, 0.25) is 5.91 Å². The van der Waals surface area contributed by atoms with E-state index in [4.69, 9.17) is 0 Å². The summed E-state index contributed by atoms with van der Waals surface area (Å²) in [5.74, 6) is -0.479. The molecule has 0 radical (unpaired) electrons. The maximum absolute atomic E-state index is 11.6. The molecule has 0 atom stereocenters. The van der Waals surface area contributed by atoms with Crippen LogP contribution in [0.25, 0.3) is 0 Å². The van der Waals surface area contributed by atoms with E-state index in [0.29, 0.717) is 14.6 Å². The van der Waals surface area contributed by atoms with Gasteiger partial charge in [-0.2, -0.15) is 0 Å². The lowest BCUT2D eigenvalue weighted by Gasteiger charge is -2.18. The van der Waals surface area contributed by atoms with Crippen LogP contribution in [0.4, 0.5) is 11.4 Å². The average molecular weight is 378 g/mol. The van der Waals surface area contributed by atoms with Gasteiger partial charge in [-0.1, -0.05) is 0 Å².